The number of nitrogens with zero attached hydrogens (tertiary/aromatic N) is 1. The second-order valence-corrected chi connectivity index (χ2v) is 5.68. The molecule has 0 unspecified atom stereocenters. The zero-order chi connectivity index (χ0) is 18.0. The number of hydrogen-bond acceptors (Lipinski definition) is 5. The van der Waals surface area contributed by atoms with Gasteiger partial charge in [0, 0.05) is 11.3 Å². The zero-order valence-corrected chi connectivity index (χ0v) is 14.1. The van der Waals surface area contributed by atoms with Gasteiger partial charge in [-0.05, 0) is 49.7 Å². The molecule has 1 heterocycles. The molecule has 0 spiro atoms. The highest BCUT2D eigenvalue weighted by molar-refractivity contribution is 6.01. The number of methoxy groups -OCH3 is 1. The number of nitrogens with one attached hydrogen (secondary N) is 1. The second-order valence-electron chi connectivity index (χ2n) is 5.68. The van der Waals surface area contributed by atoms with Gasteiger partial charge in [-0.1, -0.05) is 22.9 Å². The lowest BCUT2D eigenvalue weighted by atomic mass is 10.1. The third-order valence-corrected chi connectivity index (χ3v) is 3.83. The van der Waals surface area contributed by atoms with Crippen molar-refractivity contribution in [2.75, 3.05) is 12.4 Å². The molecule has 3 aromatic rings. The summed E-state index contributed by atoms with van der Waals surface area (Å²) in [5.74, 6) is -0.786. The summed E-state index contributed by atoms with van der Waals surface area (Å²) in [5.41, 5.74) is 3.92. The van der Waals surface area contributed by atoms with Crippen molar-refractivity contribution in [2.24, 2.45) is 0 Å². The summed E-state index contributed by atoms with van der Waals surface area (Å²) in [7, 11) is 1.28. The van der Waals surface area contributed by atoms with Crippen LogP contribution in [0.1, 0.15) is 21.5 Å². The minimum absolute atomic E-state index is 0.161. The van der Waals surface area contributed by atoms with Gasteiger partial charge in [-0.25, -0.2) is 9.18 Å². The Balaban J connectivity index is 2.05. The molecule has 0 saturated carbocycles. The molecule has 0 aliphatic rings. The summed E-state index contributed by atoms with van der Waals surface area (Å²) in [6.45, 7) is 3.95. The Bertz CT molecular complexity index is 917. The quantitative estimate of drug-likeness (QED) is 0.702. The smallest absolute Gasteiger partial charge is 0.345 e. The number of hydrogen-bond donors (Lipinski definition) is 1. The second kappa shape index (κ2) is 6.76. The number of halogens is 1. The first-order chi connectivity index (χ1) is 12.0. The molecule has 2 aromatic carbocycles. The first-order valence-corrected chi connectivity index (χ1v) is 7.68. The zero-order valence-electron chi connectivity index (χ0n) is 14.1. The van der Waals surface area contributed by atoms with Gasteiger partial charge in [-0.3, -0.25) is 0 Å². The number of carbonyl (C=O) groups is 1. The number of rotatable bonds is 4. The summed E-state index contributed by atoms with van der Waals surface area (Å²) in [6, 6.07) is 11.5. The van der Waals surface area contributed by atoms with E-state index in [1.54, 1.807) is 0 Å². The Hall–Kier alpha value is -3.15. The molecule has 128 valence electrons. The number of aryl methyl sites for hydroxylation is 2. The number of anilines is 2. The van der Waals surface area contributed by atoms with E-state index in [0.29, 0.717) is 11.3 Å². The molecule has 3 rings (SSSR count). The van der Waals surface area contributed by atoms with Gasteiger partial charge in [0.25, 0.3) is 0 Å². The van der Waals surface area contributed by atoms with E-state index < -0.39 is 5.97 Å². The van der Waals surface area contributed by atoms with E-state index in [0.717, 1.165) is 16.8 Å². The summed E-state index contributed by atoms with van der Waals surface area (Å²) in [6.07, 6.45) is 0. The van der Waals surface area contributed by atoms with Crippen LogP contribution >= 0.6 is 0 Å². The van der Waals surface area contributed by atoms with Crippen LogP contribution in [0.5, 0.6) is 0 Å². The largest absolute Gasteiger partial charge is 0.465 e. The molecule has 0 aliphatic carbocycles. The van der Waals surface area contributed by atoms with Gasteiger partial charge in [-0.15, -0.1) is 0 Å². The minimum atomic E-state index is -0.590. The van der Waals surface area contributed by atoms with Gasteiger partial charge < -0.3 is 14.6 Å². The molecule has 0 amide bonds. The van der Waals surface area contributed by atoms with Gasteiger partial charge in [-0.2, -0.15) is 0 Å². The van der Waals surface area contributed by atoms with Crippen LogP contribution in [0.4, 0.5) is 16.0 Å². The van der Waals surface area contributed by atoms with Crippen LogP contribution in [0.2, 0.25) is 0 Å². The van der Waals surface area contributed by atoms with Crippen LogP contribution < -0.4 is 5.32 Å². The summed E-state index contributed by atoms with van der Waals surface area (Å²) in [4.78, 5) is 12.2. The number of ether oxygens (including phenoxy) is 1. The lowest BCUT2D eigenvalue weighted by molar-refractivity contribution is 0.0602. The van der Waals surface area contributed by atoms with Crippen LogP contribution in [0.15, 0.2) is 47.0 Å². The normalized spacial score (nSPS) is 10.6. The molecule has 0 fully saturated rings. The van der Waals surface area contributed by atoms with Gasteiger partial charge >= 0.3 is 5.97 Å². The van der Waals surface area contributed by atoms with Crippen LogP contribution in [-0.4, -0.2) is 18.2 Å². The lowest BCUT2D eigenvalue weighted by Crippen LogP contribution is -2.05. The monoisotopic (exact) mass is 340 g/mol. The van der Waals surface area contributed by atoms with Crippen molar-refractivity contribution in [3.63, 3.8) is 0 Å². The van der Waals surface area contributed by atoms with Crippen molar-refractivity contribution in [1.82, 2.24) is 5.16 Å². The Kier molecular flexibility index (Phi) is 4.52. The fraction of sp³-hybridized carbons (Fsp3) is 0.158. The first-order valence-electron chi connectivity index (χ1n) is 7.68. The van der Waals surface area contributed by atoms with E-state index in [1.165, 1.54) is 31.4 Å². The van der Waals surface area contributed by atoms with E-state index in [1.807, 2.05) is 32.0 Å². The molecule has 25 heavy (non-hydrogen) atoms. The molecule has 0 atom stereocenters. The molecule has 0 aliphatic heterocycles. The molecule has 1 N–H and O–H groups in total. The molecule has 0 saturated heterocycles. The highest BCUT2D eigenvalue weighted by Crippen LogP contribution is 2.32. The molecule has 6 heteroatoms. The maximum atomic E-state index is 13.1. The van der Waals surface area contributed by atoms with Crippen LogP contribution in [-0.2, 0) is 4.74 Å². The van der Waals surface area contributed by atoms with Crippen molar-refractivity contribution < 1.29 is 18.4 Å². The van der Waals surface area contributed by atoms with E-state index in [4.69, 9.17) is 9.26 Å². The van der Waals surface area contributed by atoms with Crippen LogP contribution in [0.25, 0.3) is 11.3 Å². The summed E-state index contributed by atoms with van der Waals surface area (Å²) in [5, 5.41) is 7.05. The molecule has 1 aromatic heterocycles. The predicted octanol–water partition coefficient (Wildman–Crippen LogP) is 4.63. The van der Waals surface area contributed by atoms with E-state index in [9.17, 15) is 9.18 Å². The molecule has 0 bridgehead atoms. The molecular formula is C19H17FN2O3. The van der Waals surface area contributed by atoms with Crippen molar-refractivity contribution in [3.05, 3.63) is 65.0 Å². The highest BCUT2D eigenvalue weighted by Gasteiger charge is 2.25. The topological polar surface area (TPSA) is 64.4 Å². The van der Waals surface area contributed by atoms with E-state index in [2.05, 4.69) is 10.5 Å². The van der Waals surface area contributed by atoms with Crippen molar-refractivity contribution in [2.45, 2.75) is 13.8 Å². The maximum Gasteiger partial charge on any atom is 0.345 e. The highest BCUT2D eigenvalue weighted by atomic mass is 19.1. The SMILES string of the molecule is COC(=O)c1c(-c2ccc(F)cc2)noc1Nc1ccc(C)cc1C. The van der Waals surface area contributed by atoms with Crippen molar-refractivity contribution in [1.29, 1.82) is 0 Å². The summed E-state index contributed by atoms with van der Waals surface area (Å²) >= 11 is 0. The Morgan fingerprint density at radius 2 is 1.88 bits per heavy atom. The summed E-state index contributed by atoms with van der Waals surface area (Å²) < 4.78 is 23.3. The lowest BCUT2D eigenvalue weighted by Gasteiger charge is -2.09. The fourth-order valence-corrected chi connectivity index (χ4v) is 2.55. The van der Waals surface area contributed by atoms with Gasteiger partial charge in [0.1, 0.15) is 11.5 Å². The number of esters is 1. The molecular weight excluding hydrogens is 323 g/mol. The third kappa shape index (κ3) is 3.38. The average Bonchev–Trinajstić information content (AvgIpc) is 3.01. The van der Waals surface area contributed by atoms with E-state index in [-0.39, 0.29) is 17.3 Å². The van der Waals surface area contributed by atoms with Gasteiger partial charge in [0.15, 0.2) is 5.56 Å². The van der Waals surface area contributed by atoms with Crippen molar-refractivity contribution in [3.8, 4) is 11.3 Å². The Morgan fingerprint density at radius 3 is 2.52 bits per heavy atom. The van der Waals surface area contributed by atoms with Gasteiger partial charge in [0.2, 0.25) is 5.88 Å². The molecule has 0 radical (unpaired) electrons. The number of aromatic nitrogens is 1. The Labute approximate surface area is 144 Å². The van der Waals surface area contributed by atoms with Gasteiger partial charge in [0.05, 0.1) is 7.11 Å². The van der Waals surface area contributed by atoms with Crippen LogP contribution in [0, 0.1) is 19.7 Å². The predicted molar refractivity (Wildman–Crippen MR) is 92.4 cm³/mol. The molecule has 5 nitrogen and oxygen atoms in total. The number of benzene rings is 2. The van der Waals surface area contributed by atoms with E-state index >= 15 is 0 Å². The number of carbonyl (C=O) groups excluding carboxylic acids is 1. The van der Waals surface area contributed by atoms with Crippen LogP contribution in [0.3, 0.4) is 0 Å². The minimum Gasteiger partial charge on any atom is -0.465 e. The van der Waals surface area contributed by atoms with Crippen molar-refractivity contribution >= 4 is 17.5 Å². The first kappa shape index (κ1) is 16.7. The Morgan fingerprint density at radius 1 is 1.16 bits per heavy atom. The fourth-order valence-electron chi connectivity index (χ4n) is 2.55. The standard InChI is InChI=1S/C19H17FN2O3/c1-11-4-9-15(12(2)10-11)21-18-16(19(23)24-3)17(22-25-18)13-5-7-14(20)8-6-13/h4-10,21H,1-3H3. The third-order valence-electron chi connectivity index (χ3n) is 3.83. The average molecular weight is 340 g/mol. The maximum absolute atomic E-state index is 13.1.